The van der Waals surface area contributed by atoms with Gasteiger partial charge in [0.25, 0.3) is 11.6 Å². The largest absolute Gasteiger partial charge is 0.495 e. The van der Waals surface area contributed by atoms with E-state index in [1.165, 1.54) is 50.4 Å². The predicted octanol–water partition coefficient (Wildman–Crippen LogP) is 3.91. The molecule has 7 nitrogen and oxygen atoms in total. The Hall–Kier alpha value is -2.68. The minimum atomic E-state index is -0.939. The summed E-state index contributed by atoms with van der Waals surface area (Å²) in [5.74, 6) is -0.433. The second-order valence-electron chi connectivity index (χ2n) is 4.97. The molecule has 0 heterocycles. The number of methoxy groups -OCH3 is 1. The van der Waals surface area contributed by atoms with Gasteiger partial charge in [-0.05, 0) is 47.1 Å². The van der Waals surface area contributed by atoms with E-state index in [0.29, 0.717) is 4.47 Å². The molecule has 25 heavy (non-hydrogen) atoms. The zero-order valence-corrected chi connectivity index (χ0v) is 14.9. The minimum Gasteiger partial charge on any atom is -0.495 e. The summed E-state index contributed by atoms with van der Waals surface area (Å²) < 4.78 is 24.0. The Morgan fingerprint density at radius 3 is 2.56 bits per heavy atom. The molecule has 1 unspecified atom stereocenters. The molecule has 0 saturated heterocycles. The van der Waals surface area contributed by atoms with Crippen LogP contribution in [-0.4, -0.2) is 24.0 Å². The van der Waals surface area contributed by atoms with Gasteiger partial charge in [0.05, 0.1) is 22.2 Å². The topological polar surface area (TPSA) is 90.7 Å². The van der Waals surface area contributed by atoms with Crippen LogP contribution in [0.1, 0.15) is 6.92 Å². The van der Waals surface area contributed by atoms with Crippen LogP contribution in [0, 0.1) is 15.9 Å². The number of non-ortho nitro benzene ring substituents is 1. The first kappa shape index (κ1) is 18.7. The molecule has 0 fully saturated rings. The maximum atomic E-state index is 13.1. The zero-order valence-electron chi connectivity index (χ0n) is 13.3. The zero-order chi connectivity index (χ0) is 18.6. The van der Waals surface area contributed by atoms with Crippen LogP contribution in [0.5, 0.6) is 11.5 Å². The van der Waals surface area contributed by atoms with E-state index in [-0.39, 0.29) is 22.9 Å². The summed E-state index contributed by atoms with van der Waals surface area (Å²) in [5.41, 5.74) is -0.0405. The normalized spacial score (nSPS) is 11.5. The third-order valence-corrected chi connectivity index (χ3v) is 3.84. The van der Waals surface area contributed by atoms with Crippen LogP contribution in [-0.2, 0) is 4.79 Å². The van der Waals surface area contributed by atoms with E-state index < -0.39 is 22.8 Å². The Morgan fingerprint density at radius 2 is 1.96 bits per heavy atom. The number of ether oxygens (including phenoxy) is 2. The number of nitrogens with one attached hydrogen (secondary N) is 1. The molecule has 0 saturated carbocycles. The smallest absolute Gasteiger partial charge is 0.271 e. The molecule has 1 atom stereocenters. The Balaban J connectivity index is 2.15. The highest BCUT2D eigenvalue weighted by molar-refractivity contribution is 9.10. The maximum Gasteiger partial charge on any atom is 0.271 e. The molecule has 2 rings (SSSR count). The van der Waals surface area contributed by atoms with Gasteiger partial charge in [0.1, 0.15) is 17.3 Å². The molecule has 0 aliphatic heterocycles. The van der Waals surface area contributed by atoms with Crippen molar-refractivity contribution in [1.82, 2.24) is 0 Å². The van der Waals surface area contributed by atoms with E-state index in [1.54, 1.807) is 0 Å². The highest BCUT2D eigenvalue weighted by Gasteiger charge is 2.20. The van der Waals surface area contributed by atoms with Gasteiger partial charge >= 0.3 is 0 Å². The molecule has 0 radical (unpaired) electrons. The van der Waals surface area contributed by atoms with Crippen molar-refractivity contribution in [1.29, 1.82) is 0 Å². The van der Waals surface area contributed by atoms with Crippen molar-refractivity contribution in [2.75, 3.05) is 12.4 Å². The Bertz CT molecular complexity index is 815. The summed E-state index contributed by atoms with van der Waals surface area (Å²) in [6.45, 7) is 1.49. The molecular weight excluding hydrogens is 399 g/mol. The minimum absolute atomic E-state index is 0.148. The number of carbonyl (C=O) groups is 1. The van der Waals surface area contributed by atoms with Gasteiger partial charge in [0, 0.05) is 12.1 Å². The Morgan fingerprint density at radius 1 is 1.28 bits per heavy atom. The lowest BCUT2D eigenvalue weighted by Crippen LogP contribution is -2.30. The molecule has 2 aromatic rings. The second-order valence-corrected chi connectivity index (χ2v) is 5.82. The van der Waals surface area contributed by atoms with Crippen LogP contribution in [0.25, 0.3) is 0 Å². The quantitative estimate of drug-likeness (QED) is 0.573. The first-order chi connectivity index (χ1) is 11.8. The van der Waals surface area contributed by atoms with E-state index in [1.807, 2.05) is 0 Å². The molecule has 0 bridgehead atoms. The van der Waals surface area contributed by atoms with Gasteiger partial charge in [-0.15, -0.1) is 0 Å². The van der Waals surface area contributed by atoms with E-state index in [2.05, 4.69) is 21.2 Å². The van der Waals surface area contributed by atoms with Crippen molar-refractivity contribution in [3.63, 3.8) is 0 Å². The lowest BCUT2D eigenvalue weighted by molar-refractivity contribution is -0.384. The molecule has 0 aliphatic rings. The highest BCUT2D eigenvalue weighted by Crippen LogP contribution is 2.30. The fraction of sp³-hybridized carbons (Fsp3) is 0.188. The van der Waals surface area contributed by atoms with E-state index in [4.69, 9.17) is 9.47 Å². The van der Waals surface area contributed by atoms with Gasteiger partial charge in [-0.2, -0.15) is 0 Å². The molecule has 132 valence electrons. The van der Waals surface area contributed by atoms with Crippen LogP contribution in [0.4, 0.5) is 15.8 Å². The van der Waals surface area contributed by atoms with Crippen molar-refractivity contribution in [3.05, 3.63) is 56.8 Å². The molecule has 0 aromatic heterocycles. The number of nitrogens with zero attached hydrogens (tertiary/aromatic N) is 1. The SMILES string of the molecule is COc1ccc([N+](=O)[O-])cc1NC(=O)C(C)Oc1ccc(F)cc1Br. The van der Waals surface area contributed by atoms with Gasteiger partial charge in [-0.25, -0.2) is 4.39 Å². The van der Waals surface area contributed by atoms with Crippen molar-refractivity contribution in [3.8, 4) is 11.5 Å². The number of nitro groups is 1. The standard InChI is InChI=1S/C16H14BrFN2O5/c1-9(25-14-5-3-10(18)7-12(14)17)16(21)19-13-8-11(20(22)23)4-6-15(13)24-2/h3-9H,1-2H3,(H,19,21). The lowest BCUT2D eigenvalue weighted by atomic mass is 10.2. The van der Waals surface area contributed by atoms with Crippen molar-refractivity contribution >= 4 is 33.2 Å². The van der Waals surface area contributed by atoms with E-state index >= 15 is 0 Å². The molecule has 2 aromatic carbocycles. The number of rotatable bonds is 6. The Labute approximate surface area is 151 Å². The van der Waals surface area contributed by atoms with Crippen LogP contribution < -0.4 is 14.8 Å². The number of hydrogen-bond acceptors (Lipinski definition) is 5. The number of hydrogen-bond donors (Lipinski definition) is 1. The highest BCUT2D eigenvalue weighted by atomic mass is 79.9. The number of nitro benzene ring substituents is 1. The lowest BCUT2D eigenvalue weighted by Gasteiger charge is -2.17. The summed E-state index contributed by atoms with van der Waals surface area (Å²) in [6.07, 6.45) is -0.939. The average Bonchev–Trinajstić information content (AvgIpc) is 2.57. The van der Waals surface area contributed by atoms with Crippen LogP contribution in [0.15, 0.2) is 40.9 Å². The summed E-state index contributed by atoms with van der Waals surface area (Å²) in [4.78, 5) is 22.6. The fourth-order valence-corrected chi connectivity index (χ4v) is 2.40. The summed E-state index contributed by atoms with van der Waals surface area (Å²) in [7, 11) is 1.38. The third kappa shape index (κ3) is 4.66. The third-order valence-electron chi connectivity index (χ3n) is 3.22. The molecular formula is C16H14BrFN2O5. The van der Waals surface area contributed by atoms with Gasteiger partial charge in [0.2, 0.25) is 0 Å². The molecule has 1 N–H and O–H groups in total. The maximum absolute atomic E-state index is 13.1. The average molecular weight is 413 g/mol. The van der Waals surface area contributed by atoms with E-state index in [0.717, 1.165) is 0 Å². The number of benzene rings is 2. The molecule has 1 amide bonds. The van der Waals surface area contributed by atoms with Gasteiger partial charge in [-0.1, -0.05) is 0 Å². The number of anilines is 1. The number of amides is 1. The summed E-state index contributed by atoms with van der Waals surface area (Å²) >= 11 is 3.15. The fourth-order valence-electron chi connectivity index (χ4n) is 1.96. The summed E-state index contributed by atoms with van der Waals surface area (Å²) in [5, 5.41) is 13.4. The molecule has 0 spiro atoms. The second kappa shape index (κ2) is 7.93. The van der Waals surface area contributed by atoms with Gasteiger partial charge in [-0.3, -0.25) is 14.9 Å². The van der Waals surface area contributed by atoms with Crippen LogP contribution in [0.2, 0.25) is 0 Å². The number of carbonyl (C=O) groups excluding carboxylic acids is 1. The first-order valence-corrected chi connectivity index (χ1v) is 7.86. The molecule has 9 heteroatoms. The predicted molar refractivity (Wildman–Crippen MR) is 92.5 cm³/mol. The van der Waals surface area contributed by atoms with Gasteiger partial charge < -0.3 is 14.8 Å². The Kier molecular flexibility index (Phi) is 5.92. The van der Waals surface area contributed by atoms with Crippen molar-refractivity contribution in [2.45, 2.75) is 13.0 Å². The van der Waals surface area contributed by atoms with Crippen molar-refractivity contribution in [2.24, 2.45) is 0 Å². The van der Waals surface area contributed by atoms with Crippen molar-refractivity contribution < 1.29 is 23.6 Å². The number of halogens is 2. The van der Waals surface area contributed by atoms with Gasteiger partial charge in [0.15, 0.2) is 6.10 Å². The monoisotopic (exact) mass is 412 g/mol. The first-order valence-electron chi connectivity index (χ1n) is 7.07. The van der Waals surface area contributed by atoms with Crippen LogP contribution in [0.3, 0.4) is 0 Å². The summed E-state index contributed by atoms with van der Waals surface area (Å²) in [6, 6.07) is 7.64. The molecule has 0 aliphatic carbocycles. The van der Waals surface area contributed by atoms with E-state index in [9.17, 15) is 19.3 Å². The van der Waals surface area contributed by atoms with Crippen LogP contribution >= 0.6 is 15.9 Å².